The predicted molar refractivity (Wildman–Crippen MR) is 127 cm³/mol. The van der Waals surface area contributed by atoms with Crippen molar-refractivity contribution in [3.63, 3.8) is 0 Å². The largest absolute Gasteiger partial charge is 0.504 e. The van der Waals surface area contributed by atoms with Gasteiger partial charge in [0.2, 0.25) is 0 Å². The van der Waals surface area contributed by atoms with Crippen molar-refractivity contribution >= 4 is 23.0 Å². The van der Waals surface area contributed by atoms with Crippen LogP contribution in [-0.4, -0.2) is 44.8 Å². The van der Waals surface area contributed by atoms with Crippen molar-refractivity contribution in [1.82, 2.24) is 19.7 Å². The van der Waals surface area contributed by atoms with Crippen LogP contribution in [-0.2, 0) is 13.5 Å². The van der Waals surface area contributed by atoms with E-state index in [0.29, 0.717) is 0 Å². The highest BCUT2D eigenvalue weighted by atomic mass is 16.3. The first-order valence-corrected chi connectivity index (χ1v) is 10.7. The molecule has 0 fully saturated rings. The topological polar surface area (TPSA) is 129 Å². The number of carbonyl (C=O) groups excluding carboxylic acids is 1. The number of aromatic hydroxyl groups is 1. The zero-order chi connectivity index (χ0) is 24.7. The number of nitrogens with zero attached hydrogens (tertiary/aromatic N) is 4. The van der Waals surface area contributed by atoms with Gasteiger partial charge in [0, 0.05) is 33.5 Å². The first kappa shape index (κ1) is 24.0. The van der Waals surface area contributed by atoms with Crippen LogP contribution in [0.15, 0.2) is 28.0 Å². The highest BCUT2D eigenvalue weighted by molar-refractivity contribution is 5.97. The monoisotopic (exact) mass is 454 g/mol. The van der Waals surface area contributed by atoms with E-state index in [9.17, 15) is 19.5 Å². The van der Waals surface area contributed by atoms with Crippen LogP contribution >= 0.6 is 0 Å². The first-order valence-electron chi connectivity index (χ1n) is 10.7. The second-order valence-corrected chi connectivity index (χ2v) is 9.30. The number of pyridine rings is 1. The summed E-state index contributed by atoms with van der Waals surface area (Å²) < 4.78 is 1.73. The molecule has 10 heteroatoms. The molecule has 1 aromatic carbocycles. The minimum atomic E-state index is -0.710. The number of carbonyl (C=O) groups is 1. The molecule has 0 aliphatic heterocycles. The third-order valence-electron chi connectivity index (χ3n) is 5.45. The van der Waals surface area contributed by atoms with Crippen molar-refractivity contribution in [2.45, 2.75) is 40.2 Å². The Bertz CT molecular complexity index is 1260. The van der Waals surface area contributed by atoms with E-state index in [1.807, 2.05) is 40.9 Å². The molecule has 0 aliphatic rings. The molecular formula is C23H30N6O4. The zero-order valence-corrected chi connectivity index (χ0v) is 20.0. The van der Waals surface area contributed by atoms with Crippen LogP contribution in [0, 0.1) is 5.41 Å². The number of aromatic nitrogens is 3. The van der Waals surface area contributed by atoms with Gasteiger partial charge in [0.05, 0.1) is 17.4 Å². The number of aryl methyl sites for hydroxylation is 2. The maximum atomic E-state index is 12.5. The van der Waals surface area contributed by atoms with Crippen molar-refractivity contribution in [2.24, 2.45) is 12.5 Å². The molecule has 2 aromatic heterocycles. The van der Waals surface area contributed by atoms with Gasteiger partial charge in [0.1, 0.15) is 11.4 Å². The summed E-state index contributed by atoms with van der Waals surface area (Å²) in [7, 11) is 4.92. The summed E-state index contributed by atoms with van der Waals surface area (Å²) in [6.07, 6.45) is 4.05. The minimum absolute atomic E-state index is 0.0213. The molecule has 33 heavy (non-hydrogen) atoms. The summed E-state index contributed by atoms with van der Waals surface area (Å²) >= 11 is 0. The molecule has 3 rings (SSSR count). The average Bonchev–Trinajstić information content (AvgIpc) is 3.12. The summed E-state index contributed by atoms with van der Waals surface area (Å²) in [5, 5.41) is 21.2. The Morgan fingerprint density at radius 3 is 2.42 bits per heavy atom. The van der Waals surface area contributed by atoms with E-state index in [2.05, 4.69) is 20.7 Å². The van der Waals surface area contributed by atoms with Crippen molar-refractivity contribution in [2.75, 3.05) is 24.7 Å². The van der Waals surface area contributed by atoms with Gasteiger partial charge >= 0.3 is 0 Å². The summed E-state index contributed by atoms with van der Waals surface area (Å²) in [6, 6.07) is 1.08. The molecular weight excluding hydrogens is 424 g/mol. The third kappa shape index (κ3) is 4.46. The van der Waals surface area contributed by atoms with Crippen molar-refractivity contribution in [3.05, 3.63) is 55.9 Å². The number of rotatable bonds is 7. The molecule has 0 saturated heterocycles. The Hall–Kier alpha value is -3.69. The number of amides is 1. The van der Waals surface area contributed by atoms with Crippen LogP contribution in [0.3, 0.4) is 0 Å². The SMILES string of the molecule is CCc1cn(C)nc1[C@H](Nc1c(Nc2ccnc(C(=O)N(C)C)c2O)c(=O)c1=O)C(C)(C)C. The molecule has 0 spiro atoms. The van der Waals surface area contributed by atoms with Gasteiger partial charge in [-0.25, -0.2) is 4.98 Å². The molecule has 0 unspecified atom stereocenters. The molecule has 0 saturated carbocycles. The standard InChI is InChI=1S/C23H30N6O4/c1-8-12-11-29(7)27-14(12)21(23(2,3)4)26-16-15(19(31)20(16)32)25-13-9-10-24-17(18(13)30)22(33)28(5)6/h9-11,21,26,30H,8H2,1-7H3,(H,24,25)/t21-/m0/s1. The molecule has 0 bridgehead atoms. The summed E-state index contributed by atoms with van der Waals surface area (Å²) in [4.78, 5) is 42.4. The predicted octanol–water partition coefficient (Wildman–Crippen LogP) is 2.32. The third-order valence-corrected chi connectivity index (χ3v) is 5.45. The first-order chi connectivity index (χ1) is 15.4. The van der Waals surface area contributed by atoms with E-state index in [1.165, 1.54) is 31.3 Å². The van der Waals surface area contributed by atoms with Crippen molar-refractivity contribution < 1.29 is 9.90 Å². The lowest BCUT2D eigenvalue weighted by Gasteiger charge is -2.32. The maximum Gasteiger partial charge on any atom is 0.275 e. The van der Waals surface area contributed by atoms with Gasteiger partial charge in [0.15, 0.2) is 11.4 Å². The fourth-order valence-corrected chi connectivity index (χ4v) is 3.62. The number of hydrogen-bond acceptors (Lipinski definition) is 8. The van der Waals surface area contributed by atoms with E-state index >= 15 is 0 Å². The van der Waals surface area contributed by atoms with Gasteiger partial charge in [-0.3, -0.25) is 19.1 Å². The van der Waals surface area contributed by atoms with Crippen LogP contribution in [0.5, 0.6) is 5.75 Å². The summed E-state index contributed by atoms with van der Waals surface area (Å²) in [5.74, 6) is -0.893. The van der Waals surface area contributed by atoms with Gasteiger partial charge in [0.25, 0.3) is 16.8 Å². The normalized spacial score (nSPS) is 12.6. The molecule has 3 N–H and O–H groups in total. The molecule has 176 valence electrons. The van der Waals surface area contributed by atoms with Crippen LogP contribution in [0.4, 0.5) is 17.1 Å². The fourth-order valence-electron chi connectivity index (χ4n) is 3.62. The van der Waals surface area contributed by atoms with Crippen LogP contribution in [0.2, 0.25) is 0 Å². The zero-order valence-electron chi connectivity index (χ0n) is 20.0. The van der Waals surface area contributed by atoms with Gasteiger partial charge in [-0.2, -0.15) is 5.10 Å². The quantitative estimate of drug-likeness (QED) is 0.464. The Morgan fingerprint density at radius 1 is 1.21 bits per heavy atom. The second kappa shape index (κ2) is 8.68. The fraction of sp³-hybridized carbons (Fsp3) is 0.435. The molecule has 1 atom stereocenters. The molecule has 0 aliphatic carbocycles. The molecule has 0 radical (unpaired) electrons. The van der Waals surface area contributed by atoms with Crippen LogP contribution in [0.1, 0.15) is 55.5 Å². The average molecular weight is 455 g/mol. The van der Waals surface area contributed by atoms with Crippen molar-refractivity contribution in [3.8, 4) is 5.75 Å². The Morgan fingerprint density at radius 2 is 1.85 bits per heavy atom. The lowest BCUT2D eigenvalue weighted by molar-refractivity contribution is 0.0819. The highest BCUT2D eigenvalue weighted by Crippen LogP contribution is 2.38. The lowest BCUT2D eigenvalue weighted by Crippen LogP contribution is -2.39. The summed E-state index contributed by atoms with van der Waals surface area (Å²) in [5.41, 5.74) is 0.222. The van der Waals surface area contributed by atoms with E-state index in [0.717, 1.165) is 17.7 Å². The second-order valence-electron chi connectivity index (χ2n) is 9.30. The van der Waals surface area contributed by atoms with Gasteiger partial charge < -0.3 is 20.6 Å². The number of nitrogens with one attached hydrogen (secondary N) is 2. The van der Waals surface area contributed by atoms with Gasteiger partial charge in [-0.1, -0.05) is 27.7 Å². The molecule has 10 nitrogen and oxygen atoms in total. The van der Waals surface area contributed by atoms with Crippen LogP contribution in [0.25, 0.3) is 0 Å². The Kier molecular flexibility index (Phi) is 6.31. The van der Waals surface area contributed by atoms with Crippen molar-refractivity contribution in [1.29, 1.82) is 0 Å². The molecule has 3 aromatic rings. The Labute approximate surface area is 192 Å². The Balaban J connectivity index is 2.00. The molecule has 2 heterocycles. The lowest BCUT2D eigenvalue weighted by atomic mass is 9.83. The van der Waals surface area contributed by atoms with Gasteiger partial charge in [-0.15, -0.1) is 0 Å². The number of anilines is 3. The van der Waals surface area contributed by atoms with E-state index in [-0.39, 0.29) is 34.2 Å². The van der Waals surface area contributed by atoms with E-state index < -0.39 is 22.5 Å². The van der Waals surface area contributed by atoms with Crippen LogP contribution < -0.4 is 21.5 Å². The van der Waals surface area contributed by atoms with E-state index in [4.69, 9.17) is 0 Å². The summed E-state index contributed by atoms with van der Waals surface area (Å²) in [6.45, 7) is 8.09. The smallest absolute Gasteiger partial charge is 0.275 e. The van der Waals surface area contributed by atoms with Gasteiger partial charge in [-0.05, 0) is 23.5 Å². The minimum Gasteiger partial charge on any atom is -0.504 e. The highest BCUT2D eigenvalue weighted by Gasteiger charge is 2.34. The molecule has 1 amide bonds. The number of hydrogen-bond donors (Lipinski definition) is 3. The van der Waals surface area contributed by atoms with E-state index in [1.54, 1.807) is 4.68 Å². The maximum absolute atomic E-state index is 12.5.